The summed E-state index contributed by atoms with van der Waals surface area (Å²) in [5.74, 6) is 0.993. The fraction of sp³-hybridized carbons (Fsp3) is 0.674. The van der Waals surface area contributed by atoms with Crippen molar-refractivity contribution in [3.8, 4) is 16.9 Å². The van der Waals surface area contributed by atoms with Crippen molar-refractivity contribution in [2.45, 2.75) is 105 Å². The molecule has 4 N–H and O–H groups in total. The Morgan fingerprint density at radius 2 is 1.82 bits per heavy atom. The number of hydroxylamine groups is 2. The molecule has 0 aromatic heterocycles. The van der Waals surface area contributed by atoms with Gasteiger partial charge in [0.15, 0.2) is 0 Å². The Labute approximate surface area is 337 Å². The molecule has 1 saturated heterocycles. The summed E-state index contributed by atoms with van der Waals surface area (Å²) in [6.07, 6.45) is 1.27. The van der Waals surface area contributed by atoms with Crippen LogP contribution in [0.25, 0.3) is 11.1 Å². The standard InChI is InChI=1S/C43H66BrN5O6/c1-24-33-16-27(43(33,6)7)17-34(24)46-41(53)38-36(25(2)51)35(23-50)55-49(38)21-26-14-13-15-30(39(26)54-12)31-18-29(48(10)11)19-32(37(31)44)40(52)45-28(22-47(8)9)20-42(3,4)5/h13-15,18-19,24-25,27-28,33-36,38,50-51H,16-17,20-23H2,1-12H3,(H,45,52)(H,46,53)/t24-,25-,27+,28-,33+,34-,35-,36+,38-/m0/s1. The number of benzene rings is 2. The van der Waals surface area contributed by atoms with E-state index < -0.39 is 24.2 Å². The van der Waals surface area contributed by atoms with E-state index in [0.717, 1.165) is 35.2 Å². The fourth-order valence-corrected chi connectivity index (χ4v) is 10.3. The van der Waals surface area contributed by atoms with Gasteiger partial charge in [0, 0.05) is 65.5 Å². The minimum atomic E-state index is -0.905. The van der Waals surface area contributed by atoms with Crippen molar-refractivity contribution in [3.63, 3.8) is 0 Å². The molecule has 12 heteroatoms. The average molecular weight is 829 g/mol. The number of carbonyl (C=O) groups excluding carboxylic acids is 2. The van der Waals surface area contributed by atoms with E-state index in [1.165, 1.54) is 6.42 Å². The molecule has 6 rings (SSSR count). The van der Waals surface area contributed by atoms with Crippen LogP contribution in [-0.4, -0.2) is 111 Å². The molecule has 9 atom stereocenters. The van der Waals surface area contributed by atoms with Crippen LogP contribution in [-0.2, 0) is 16.2 Å². The van der Waals surface area contributed by atoms with E-state index in [0.29, 0.717) is 40.1 Å². The third-order valence-corrected chi connectivity index (χ3v) is 13.4. The highest BCUT2D eigenvalue weighted by molar-refractivity contribution is 9.10. The molecular formula is C43H66BrN5O6. The highest BCUT2D eigenvalue weighted by Crippen LogP contribution is 2.61. The number of hydrogen-bond acceptors (Lipinski definition) is 9. The van der Waals surface area contributed by atoms with Gasteiger partial charge in [-0.15, -0.1) is 0 Å². The van der Waals surface area contributed by atoms with E-state index in [1.54, 1.807) is 19.1 Å². The summed E-state index contributed by atoms with van der Waals surface area (Å²) in [4.78, 5) is 38.8. The minimum Gasteiger partial charge on any atom is -0.496 e. The number of amides is 2. The highest BCUT2D eigenvalue weighted by Gasteiger charge is 2.57. The molecule has 4 fully saturated rings. The Kier molecular flexibility index (Phi) is 13.4. The van der Waals surface area contributed by atoms with Gasteiger partial charge in [-0.1, -0.05) is 59.7 Å². The van der Waals surface area contributed by atoms with Crippen molar-refractivity contribution in [1.29, 1.82) is 0 Å². The molecule has 0 radical (unpaired) electrons. The lowest BCUT2D eigenvalue weighted by molar-refractivity contribution is -0.183. The molecule has 2 aromatic carbocycles. The number of carbonyl (C=O) groups is 2. The number of methoxy groups -OCH3 is 1. The third kappa shape index (κ3) is 9.20. The van der Waals surface area contributed by atoms with Gasteiger partial charge in [0.1, 0.15) is 17.9 Å². The van der Waals surface area contributed by atoms with Crippen molar-refractivity contribution in [2.75, 3.05) is 53.4 Å². The minimum absolute atomic E-state index is 0.0204. The molecule has 2 bridgehead atoms. The van der Waals surface area contributed by atoms with Crippen LogP contribution in [0.1, 0.15) is 83.7 Å². The zero-order valence-corrected chi connectivity index (χ0v) is 36.7. The van der Waals surface area contributed by atoms with Gasteiger partial charge in [-0.05, 0) is 96.9 Å². The first-order chi connectivity index (χ1) is 25.7. The molecule has 4 aliphatic rings. The molecule has 0 spiro atoms. The van der Waals surface area contributed by atoms with Crippen LogP contribution in [0.2, 0.25) is 0 Å². The Bertz CT molecular complexity index is 1690. The summed E-state index contributed by atoms with van der Waals surface area (Å²) in [5.41, 5.74) is 3.93. The molecule has 1 heterocycles. The summed E-state index contributed by atoms with van der Waals surface area (Å²) >= 11 is 3.83. The van der Waals surface area contributed by atoms with Gasteiger partial charge >= 0.3 is 0 Å². The first kappa shape index (κ1) is 43.4. The number of aliphatic hydroxyl groups is 2. The smallest absolute Gasteiger partial charge is 0.252 e. The number of fused-ring (bicyclic) bond motifs is 2. The number of para-hydroxylation sites is 1. The summed E-state index contributed by atoms with van der Waals surface area (Å²) < 4.78 is 6.77. The van der Waals surface area contributed by atoms with Gasteiger partial charge in [-0.25, -0.2) is 0 Å². The van der Waals surface area contributed by atoms with Crippen molar-refractivity contribution >= 4 is 33.4 Å². The van der Waals surface area contributed by atoms with Crippen LogP contribution >= 0.6 is 15.9 Å². The maximum atomic E-state index is 14.3. The van der Waals surface area contributed by atoms with Crippen LogP contribution in [0.3, 0.4) is 0 Å². The van der Waals surface area contributed by atoms with Gasteiger partial charge in [0.25, 0.3) is 5.91 Å². The SMILES string of the molecule is COc1c(CN2O[C@@H](CO)[C@@H]([C@H](C)O)[C@H]2C(=O)N[C@H]2C[C@H]3C[C@H]([C@@H]2C)C3(C)C)cccc1-c1cc(N(C)C)cc(C(=O)N[C@H](CN(C)C)CC(C)(C)C)c1Br. The molecule has 3 aliphatic carbocycles. The summed E-state index contributed by atoms with van der Waals surface area (Å²) in [7, 11) is 9.52. The first-order valence-electron chi connectivity index (χ1n) is 19.8. The molecule has 55 heavy (non-hydrogen) atoms. The number of likely N-dealkylation sites (N-methyl/N-ethyl adjacent to an activating group) is 1. The van der Waals surface area contributed by atoms with E-state index in [2.05, 4.69) is 73.0 Å². The van der Waals surface area contributed by atoms with Gasteiger partial charge in [0.2, 0.25) is 5.91 Å². The molecule has 0 unspecified atom stereocenters. The van der Waals surface area contributed by atoms with Crippen LogP contribution in [0.4, 0.5) is 5.69 Å². The van der Waals surface area contributed by atoms with Crippen molar-refractivity contribution in [2.24, 2.45) is 34.5 Å². The Balaban J connectivity index is 1.48. The molecule has 11 nitrogen and oxygen atoms in total. The lowest BCUT2D eigenvalue weighted by Crippen LogP contribution is -2.62. The number of ether oxygens (including phenoxy) is 1. The lowest BCUT2D eigenvalue weighted by atomic mass is 9.45. The van der Waals surface area contributed by atoms with Gasteiger partial charge < -0.3 is 35.4 Å². The summed E-state index contributed by atoms with van der Waals surface area (Å²) in [5, 5.41) is 29.7. The normalized spacial score (nSPS) is 27.3. The van der Waals surface area contributed by atoms with Crippen molar-refractivity contribution < 1.29 is 29.4 Å². The van der Waals surface area contributed by atoms with Gasteiger partial charge in [-0.3, -0.25) is 14.4 Å². The second-order valence-electron chi connectivity index (χ2n) is 18.7. The number of halogens is 1. The Morgan fingerprint density at radius 3 is 2.36 bits per heavy atom. The van der Waals surface area contributed by atoms with E-state index in [9.17, 15) is 19.8 Å². The van der Waals surface area contributed by atoms with Crippen LogP contribution in [0, 0.1) is 34.5 Å². The largest absolute Gasteiger partial charge is 0.496 e. The molecule has 2 aromatic rings. The molecule has 3 saturated carbocycles. The zero-order chi connectivity index (χ0) is 40.7. The quantitative estimate of drug-likeness (QED) is 0.183. The monoisotopic (exact) mass is 827 g/mol. The molecular weight excluding hydrogens is 762 g/mol. The highest BCUT2D eigenvalue weighted by atomic mass is 79.9. The predicted molar refractivity (Wildman–Crippen MR) is 222 cm³/mol. The fourth-order valence-electron chi connectivity index (χ4n) is 9.65. The van der Waals surface area contributed by atoms with Gasteiger partial charge in [-0.2, -0.15) is 5.06 Å². The number of hydrogen-bond donors (Lipinski definition) is 4. The van der Waals surface area contributed by atoms with E-state index >= 15 is 0 Å². The second kappa shape index (κ2) is 17.0. The summed E-state index contributed by atoms with van der Waals surface area (Å²) in [6.45, 7) is 15.6. The maximum Gasteiger partial charge on any atom is 0.252 e. The number of anilines is 1. The first-order valence-corrected chi connectivity index (χ1v) is 20.6. The zero-order valence-electron chi connectivity index (χ0n) is 35.1. The Morgan fingerprint density at radius 1 is 1.13 bits per heavy atom. The molecule has 2 amide bonds. The maximum absolute atomic E-state index is 14.3. The number of aliphatic hydroxyl groups excluding tert-OH is 2. The topological polar surface area (TPSA) is 127 Å². The van der Waals surface area contributed by atoms with E-state index in [4.69, 9.17) is 9.57 Å². The van der Waals surface area contributed by atoms with Crippen LogP contribution in [0.5, 0.6) is 5.75 Å². The number of nitrogens with zero attached hydrogens (tertiary/aromatic N) is 3. The van der Waals surface area contributed by atoms with Crippen LogP contribution in [0.15, 0.2) is 34.8 Å². The van der Waals surface area contributed by atoms with Gasteiger partial charge in [0.05, 0.1) is 31.9 Å². The van der Waals surface area contributed by atoms with Crippen molar-refractivity contribution in [3.05, 3.63) is 45.9 Å². The Hall–Kier alpha value is -2.74. The lowest BCUT2D eigenvalue weighted by Gasteiger charge is -2.62. The average Bonchev–Trinajstić information content (AvgIpc) is 3.46. The third-order valence-electron chi connectivity index (χ3n) is 12.6. The molecule has 306 valence electrons. The predicted octanol–water partition coefficient (Wildman–Crippen LogP) is 5.95. The van der Waals surface area contributed by atoms with E-state index in [-0.39, 0.29) is 47.9 Å². The van der Waals surface area contributed by atoms with Crippen molar-refractivity contribution in [1.82, 2.24) is 20.6 Å². The number of nitrogens with one attached hydrogen (secondary N) is 2. The van der Waals surface area contributed by atoms with Crippen LogP contribution < -0.4 is 20.3 Å². The second-order valence-corrected chi connectivity index (χ2v) is 19.5. The van der Waals surface area contributed by atoms with E-state index in [1.807, 2.05) is 63.4 Å². The summed E-state index contributed by atoms with van der Waals surface area (Å²) in [6, 6.07) is 8.87. The molecule has 1 aliphatic heterocycles. The number of rotatable bonds is 14.